The fourth-order valence-electron chi connectivity index (χ4n) is 1.28. The van der Waals surface area contributed by atoms with E-state index in [1.165, 1.54) is 6.07 Å². The molecule has 1 aromatic carbocycles. The molecule has 1 N–H and O–H groups in total. The molecule has 0 saturated carbocycles. The van der Waals surface area contributed by atoms with E-state index in [9.17, 15) is 22.6 Å². The molecule has 78 valence electrons. The van der Waals surface area contributed by atoms with Gasteiger partial charge in [0.2, 0.25) is 0 Å². The number of amides is 1. The number of fused-ring (bicyclic) bond motifs is 1. The van der Waals surface area contributed by atoms with E-state index in [-0.39, 0.29) is 40.8 Å². The average Bonchev–Trinajstić information content (AvgIpc) is 2.41. The SMILES string of the molecule is O=C1Nc2ccc(S(=O)(=O)[O-])cc2C1=O.[Na+]. The first kappa shape index (κ1) is 13.3. The van der Waals surface area contributed by atoms with Crippen molar-refractivity contribution >= 4 is 27.5 Å². The quantitative estimate of drug-likeness (QED) is 0.319. The van der Waals surface area contributed by atoms with Crippen molar-refractivity contribution in [2.75, 3.05) is 5.32 Å². The number of hydrogen-bond acceptors (Lipinski definition) is 5. The molecular formula is C8H4NNaO5S. The van der Waals surface area contributed by atoms with E-state index in [0.717, 1.165) is 12.1 Å². The maximum atomic E-state index is 11.2. The van der Waals surface area contributed by atoms with Crippen LogP contribution in [0.15, 0.2) is 23.1 Å². The molecule has 16 heavy (non-hydrogen) atoms. The van der Waals surface area contributed by atoms with Gasteiger partial charge in [-0.25, -0.2) is 8.42 Å². The van der Waals surface area contributed by atoms with Crippen LogP contribution in [0.5, 0.6) is 0 Å². The van der Waals surface area contributed by atoms with Gasteiger partial charge in [0.1, 0.15) is 10.1 Å². The second-order valence-corrected chi connectivity index (χ2v) is 4.32. The number of Topliss-reactive ketones (excluding diaryl/α,β-unsaturated/α-hetero) is 1. The summed E-state index contributed by atoms with van der Waals surface area (Å²) in [5.41, 5.74) is 0.134. The summed E-state index contributed by atoms with van der Waals surface area (Å²) in [6, 6.07) is 3.15. The predicted molar refractivity (Wildman–Crippen MR) is 47.4 cm³/mol. The van der Waals surface area contributed by atoms with Gasteiger partial charge in [-0.15, -0.1) is 0 Å². The van der Waals surface area contributed by atoms with Crippen LogP contribution in [0.4, 0.5) is 5.69 Å². The number of ketones is 1. The Bertz CT molecular complexity index is 580. The van der Waals surface area contributed by atoms with E-state index >= 15 is 0 Å². The Kier molecular flexibility index (Phi) is 3.56. The van der Waals surface area contributed by atoms with Crippen molar-refractivity contribution in [3.05, 3.63) is 23.8 Å². The molecule has 0 atom stereocenters. The van der Waals surface area contributed by atoms with Crippen molar-refractivity contribution in [1.82, 2.24) is 0 Å². The molecule has 8 heteroatoms. The molecule has 1 heterocycles. The molecule has 0 aromatic heterocycles. The summed E-state index contributed by atoms with van der Waals surface area (Å²) in [5, 5.41) is 2.24. The summed E-state index contributed by atoms with van der Waals surface area (Å²) >= 11 is 0. The Balaban J connectivity index is 0.00000128. The molecular weight excluding hydrogens is 245 g/mol. The second-order valence-electron chi connectivity index (χ2n) is 2.94. The summed E-state index contributed by atoms with van der Waals surface area (Å²) < 4.78 is 31.9. The van der Waals surface area contributed by atoms with E-state index in [4.69, 9.17) is 0 Å². The number of benzene rings is 1. The van der Waals surface area contributed by atoms with Crippen LogP contribution in [-0.2, 0) is 14.9 Å². The van der Waals surface area contributed by atoms with Gasteiger partial charge < -0.3 is 9.87 Å². The number of carbonyl (C=O) groups is 2. The van der Waals surface area contributed by atoms with Crippen LogP contribution < -0.4 is 34.9 Å². The second kappa shape index (κ2) is 4.27. The van der Waals surface area contributed by atoms with Crippen LogP contribution >= 0.6 is 0 Å². The third-order valence-corrected chi connectivity index (χ3v) is 2.81. The first-order valence-corrected chi connectivity index (χ1v) is 5.26. The molecule has 0 saturated heterocycles. The molecule has 0 aliphatic carbocycles. The molecule has 0 spiro atoms. The Morgan fingerprint density at radius 2 is 1.81 bits per heavy atom. The van der Waals surface area contributed by atoms with Crippen LogP contribution in [-0.4, -0.2) is 24.7 Å². The normalized spacial score (nSPS) is 14.1. The molecule has 0 fully saturated rings. The molecule has 1 aromatic rings. The molecule has 0 unspecified atom stereocenters. The summed E-state index contributed by atoms with van der Waals surface area (Å²) in [6.07, 6.45) is 0. The monoisotopic (exact) mass is 249 g/mol. The van der Waals surface area contributed by atoms with E-state index in [1.807, 2.05) is 0 Å². The van der Waals surface area contributed by atoms with Crippen LogP contribution in [0.3, 0.4) is 0 Å². The van der Waals surface area contributed by atoms with Gasteiger partial charge in [0, 0.05) is 0 Å². The summed E-state index contributed by atoms with van der Waals surface area (Å²) in [5.74, 6) is -1.67. The van der Waals surface area contributed by atoms with Crippen LogP contribution in [0.1, 0.15) is 10.4 Å². The molecule has 1 aliphatic rings. The molecule has 2 rings (SSSR count). The molecule has 0 radical (unpaired) electrons. The molecule has 1 aliphatic heterocycles. The maximum Gasteiger partial charge on any atom is 1.00 e. The number of carbonyl (C=O) groups excluding carboxylic acids is 2. The third-order valence-electron chi connectivity index (χ3n) is 1.98. The van der Waals surface area contributed by atoms with Crippen molar-refractivity contribution in [3.8, 4) is 0 Å². The largest absolute Gasteiger partial charge is 1.00 e. The Morgan fingerprint density at radius 3 is 2.38 bits per heavy atom. The summed E-state index contributed by atoms with van der Waals surface area (Å²) in [7, 11) is -4.61. The van der Waals surface area contributed by atoms with Gasteiger partial charge in [0.25, 0.3) is 11.7 Å². The van der Waals surface area contributed by atoms with Crippen LogP contribution in [0.2, 0.25) is 0 Å². The summed E-state index contributed by atoms with van der Waals surface area (Å²) in [4.78, 5) is 21.5. The van der Waals surface area contributed by atoms with Gasteiger partial charge in [-0.05, 0) is 18.2 Å². The molecule has 6 nitrogen and oxygen atoms in total. The number of anilines is 1. The number of hydrogen-bond donors (Lipinski definition) is 1. The van der Waals surface area contributed by atoms with Gasteiger partial charge in [0.15, 0.2) is 0 Å². The van der Waals surface area contributed by atoms with E-state index < -0.39 is 26.7 Å². The van der Waals surface area contributed by atoms with Gasteiger partial charge >= 0.3 is 29.6 Å². The predicted octanol–water partition coefficient (Wildman–Crippen LogP) is -3.27. The summed E-state index contributed by atoms with van der Waals surface area (Å²) in [6.45, 7) is 0. The van der Waals surface area contributed by atoms with Crippen molar-refractivity contribution in [1.29, 1.82) is 0 Å². The molecule has 1 amide bonds. The van der Waals surface area contributed by atoms with E-state index in [0.29, 0.717) is 0 Å². The van der Waals surface area contributed by atoms with Crippen molar-refractivity contribution in [3.63, 3.8) is 0 Å². The fraction of sp³-hybridized carbons (Fsp3) is 0. The topological polar surface area (TPSA) is 103 Å². The minimum Gasteiger partial charge on any atom is -0.744 e. The minimum atomic E-state index is -4.61. The van der Waals surface area contributed by atoms with Crippen molar-refractivity contribution in [2.45, 2.75) is 4.90 Å². The Labute approximate surface area is 113 Å². The first-order valence-electron chi connectivity index (χ1n) is 3.85. The smallest absolute Gasteiger partial charge is 0.744 e. The Morgan fingerprint density at radius 1 is 1.19 bits per heavy atom. The maximum absolute atomic E-state index is 11.2. The van der Waals surface area contributed by atoms with Crippen LogP contribution in [0.25, 0.3) is 0 Å². The van der Waals surface area contributed by atoms with Gasteiger partial charge in [-0.1, -0.05) is 0 Å². The van der Waals surface area contributed by atoms with Gasteiger partial charge in [-0.3, -0.25) is 9.59 Å². The first-order chi connectivity index (χ1) is 6.89. The van der Waals surface area contributed by atoms with Crippen molar-refractivity contribution in [2.24, 2.45) is 0 Å². The molecule has 0 bridgehead atoms. The Hall–Kier alpha value is -0.730. The minimum absolute atomic E-state index is 0. The zero-order chi connectivity index (χ0) is 11.2. The number of nitrogens with one attached hydrogen (secondary N) is 1. The third kappa shape index (κ3) is 2.18. The van der Waals surface area contributed by atoms with Crippen molar-refractivity contribution < 1.29 is 52.1 Å². The van der Waals surface area contributed by atoms with Gasteiger partial charge in [0.05, 0.1) is 16.1 Å². The van der Waals surface area contributed by atoms with E-state index in [1.54, 1.807) is 0 Å². The van der Waals surface area contributed by atoms with E-state index in [2.05, 4.69) is 5.32 Å². The van der Waals surface area contributed by atoms with Gasteiger partial charge in [-0.2, -0.15) is 0 Å². The fourth-order valence-corrected chi connectivity index (χ4v) is 1.77. The standard InChI is InChI=1S/C8H5NO5S.Na/c10-7-5-3-4(15(12,13)14)1-2-6(5)9-8(7)11;/h1-3H,(H,9,10,11)(H,12,13,14);/q;+1/p-1. The average molecular weight is 249 g/mol. The number of rotatable bonds is 1. The zero-order valence-corrected chi connectivity index (χ0v) is 11.0. The van der Waals surface area contributed by atoms with Crippen LogP contribution in [0, 0.1) is 0 Å². The zero-order valence-electron chi connectivity index (χ0n) is 8.18.